The third-order valence-electron chi connectivity index (χ3n) is 3.00. The summed E-state index contributed by atoms with van der Waals surface area (Å²) in [6.45, 7) is 4.73. The Morgan fingerprint density at radius 3 is 2.85 bits per heavy atom. The molecule has 0 spiro atoms. The van der Waals surface area contributed by atoms with Crippen molar-refractivity contribution in [2.75, 3.05) is 6.61 Å². The van der Waals surface area contributed by atoms with Crippen molar-refractivity contribution in [2.45, 2.75) is 26.8 Å². The van der Waals surface area contributed by atoms with Crippen molar-refractivity contribution < 1.29 is 9.53 Å². The highest BCUT2D eigenvalue weighted by Crippen LogP contribution is 2.16. The molecule has 0 unspecified atom stereocenters. The largest absolute Gasteiger partial charge is 0.462 e. The fraction of sp³-hybridized carbons (Fsp3) is 0.333. The number of ether oxygens (including phenoxy) is 1. The summed E-state index contributed by atoms with van der Waals surface area (Å²) in [6.07, 6.45) is 2.29. The van der Waals surface area contributed by atoms with Crippen LogP contribution in [-0.2, 0) is 17.7 Å². The van der Waals surface area contributed by atoms with E-state index >= 15 is 0 Å². The SMILES string of the molecule is CCOC(=O)c1cnn(Cc2cccc(Cl)c2)c1CC. The average molecular weight is 293 g/mol. The Morgan fingerprint density at radius 2 is 2.20 bits per heavy atom. The van der Waals surface area contributed by atoms with E-state index in [4.69, 9.17) is 16.3 Å². The number of hydrogen-bond donors (Lipinski definition) is 0. The third-order valence-corrected chi connectivity index (χ3v) is 3.24. The molecule has 0 aliphatic carbocycles. The Bertz CT molecular complexity index is 608. The van der Waals surface area contributed by atoms with Gasteiger partial charge in [-0.15, -0.1) is 0 Å². The lowest BCUT2D eigenvalue weighted by Gasteiger charge is -2.08. The molecular formula is C15H17ClN2O2. The monoisotopic (exact) mass is 292 g/mol. The van der Waals surface area contributed by atoms with Crippen LogP contribution in [0.4, 0.5) is 0 Å². The molecule has 2 rings (SSSR count). The molecule has 0 radical (unpaired) electrons. The van der Waals surface area contributed by atoms with Gasteiger partial charge in [-0.05, 0) is 31.0 Å². The molecule has 0 atom stereocenters. The molecule has 0 saturated carbocycles. The van der Waals surface area contributed by atoms with Crippen LogP contribution in [0.15, 0.2) is 30.5 Å². The number of benzene rings is 1. The Morgan fingerprint density at radius 1 is 1.40 bits per heavy atom. The van der Waals surface area contributed by atoms with Crippen molar-refractivity contribution in [2.24, 2.45) is 0 Å². The van der Waals surface area contributed by atoms with Crippen molar-refractivity contribution in [3.63, 3.8) is 0 Å². The van der Waals surface area contributed by atoms with E-state index in [1.54, 1.807) is 13.1 Å². The summed E-state index contributed by atoms with van der Waals surface area (Å²) in [6, 6.07) is 7.61. The number of carbonyl (C=O) groups excluding carboxylic acids is 1. The number of halogens is 1. The van der Waals surface area contributed by atoms with Crippen LogP contribution in [0, 0.1) is 0 Å². The minimum absolute atomic E-state index is 0.318. The number of esters is 1. The van der Waals surface area contributed by atoms with Gasteiger partial charge in [0.1, 0.15) is 5.56 Å². The minimum atomic E-state index is -0.318. The predicted molar refractivity (Wildman–Crippen MR) is 78.1 cm³/mol. The summed E-state index contributed by atoms with van der Waals surface area (Å²) in [4.78, 5) is 11.8. The normalized spacial score (nSPS) is 10.6. The number of aromatic nitrogens is 2. The molecule has 0 fully saturated rings. The summed E-state index contributed by atoms with van der Waals surface area (Å²) < 4.78 is 6.86. The zero-order valence-electron chi connectivity index (χ0n) is 11.6. The molecule has 20 heavy (non-hydrogen) atoms. The highest BCUT2D eigenvalue weighted by molar-refractivity contribution is 6.30. The van der Waals surface area contributed by atoms with Gasteiger partial charge in [-0.3, -0.25) is 4.68 Å². The molecule has 1 aromatic heterocycles. The molecule has 0 bridgehead atoms. The lowest BCUT2D eigenvalue weighted by Crippen LogP contribution is -2.10. The molecule has 5 heteroatoms. The van der Waals surface area contributed by atoms with Gasteiger partial charge in [0.05, 0.1) is 25.0 Å². The molecule has 106 valence electrons. The summed E-state index contributed by atoms with van der Waals surface area (Å²) in [5.41, 5.74) is 2.46. The number of hydrogen-bond acceptors (Lipinski definition) is 3. The molecule has 0 aliphatic heterocycles. The van der Waals surface area contributed by atoms with Crippen LogP contribution in [0.2, 0.25) is 5.02 Å². The highest BCUT2D eigenvalue weighted by atomic mass is 35.5. The van der Waals surface area contributed by atoms with Crippen LogP contribution in [0.5, 0.6) is 0 Å². The van der Waals surface area contributed by atoms with Crippen molar-refractivity contribution in [1.82, 2.24) is 9.78 Å². The Hall–Kier alpha value is -1.81. The topological polar surface area (TPSA) is 44.1 Å². The molecule has 1 aromatic carbocycles. The first kappa shape index (κ1) is 14.6. The first-order valence-electron chi connectivity index (χ1n) is 6.62. The van der Waals surface area contributed by atoms with E-state index in [9.17, 15) is 4.79 Å². The summed E-state index contributed by atoms with van der Waals surface area (Å²) in [5, 5.41) is 4.98. The second-order valence-electron chi connectivity index (χ2n) is 4.37. The van der Waals surface area contributed by atoms with Crippen molar-refractivity contribution in [3.8, 4) is 0 Å². The number of nitrogens with zero attached hydrogens (tertiary/aromatic N) is 2. The van der Waals surface area contributed by atoms with Gasteiger partial charge in [-0.2, -0.15) is 5.10 Å². The first-order valence-corrected chi connectivity index (χ1v) is 6.99. The molecule has 2 aromatic rings. The lowest BCUT2D eigenvalue weighted by molar-refractivity contribution is 0.0525. The maximum Gasteiger partial charge on any atom is 0.341 e. The number of rotatable bonds is 5. The van der Waals surface area contributed by atoms with Crippen LogP contribution >= 0.6 is 11.6 Å². The predicted octanol–water partition coefficient (Wildman–Crippen LogP) is 3.32. The maximum absolute atomic E-state index is 11.8. The van der Waals surface area contributed by atoms with Gasteiger partial charge in [-0.1, -0.05) is 30.7 Å². The van der Waals surface area contributed by atoms with E-state index in [0.717, 1.165) is 11.3 Å². The maximum atomic E-state index is 11.8. The van der Waals surface area contributed by atoms with Gasteiger partial charge < -0.3 is 4.74 Å². The van der Waals surface area contributed by atoms with E-state index < -0.39 is 0 Å². The summed E-state index contributed by atoms with van der Waals surface area (Å²) in [7, 11) is 0. The van der Waals surface area contributed by atoms with E-state index in [2.05, 4.69) is 5.10 Å². The van der Waals surface area contributed by atoms with Gasteiger partial charge in [0.25, 0.3) is 0 Å². The smallest absolute Gasteiger partial charge is 0.341 e. The summed E-state index contributed by atoms with van der Waals surface area (Å²) in [5.74, 6) is -0.318. The van der Waals surface area contributed by atoms with E-state index in [0.29, 0.717) is 30.2 Å². The van der Waals surface area contributed by atoms with Crippen molar-refractivity contribution in [3.05, 3.63) is 52.3 Å². The van der Waals surface area contributed by atoms with Crippen molar-refractivity contribution >= 4 is 17.6 Å². The molecule has 0 N–H and O–H groups in total. The lowest BCUT2D eigenvalue weighted by atomic mass is 10.2. The number of carbonyl (C=O) groups is 1. The molecule has 4 nitrogen and oxygen atoms in total. The average Bonchev–Trinajstić information content (AvgIpc) is 2.82. The quantitative estimate of drug-likeness (QED) is 0.794. The second-order valence-corrected chi connectivity index (χ2v) is 4.80. The Kier molecular flexibility index (Phi) is 4.79. The first-order chi connectivity index (χ1) is 9.65. The standard InChI is InChI=1S/C15H17ClN2O2/c1-3-14-13(15(19)20-4-2)9-17-18(14)10-11-6-5-7-12(16)8-11/h5-9H,3-4,10H2,1-2H3. The fourth-order valence-corrected chi connectivity index (χ4v) is 2.32. The van der Waals surface area contributed by atoms with Crippen molar-refractivity contribution in [1.29, 1.82) is 0 Å². The van der Waals surface area contributed by atoms with Crippen LogP contribution in [0.1, 0.15) is 35.5 Å². The third kappa shape index (κ3) is 3.20. The van der Waals surface area contributed by atoms with Gasteiger partial charge in [-0.25, -0.2) is 4.79 Å². The Balaban J connectivity index is 2.27. The summed E-state index contributed by atoms with van der Waals surface area (Å²) >= 11 is 5.98. The highest BCUT2D eigenvalue weighted by Gasteiger charge is 2.17. The fourth-order valence-electron chi connectivity index (χ4n) is 2.11. The minimum Gasteiger partial charge on any atom is -0.462 e. The van der Waals surface area contributed by atoms with E-state index in [1.165, 1.54) is 0 Å². The zero-order chi connectivity index (χ0) is 14.5. The van der Waals surface area contributed by atoms with Gasteiger partial charge in [0.15, 0.2) is 0 Å². The van der Waals surface area contributed by atoms with Crippen LogP contribution in [0.25, 0.3) is 0 Å². The van der Waals surface area contributed by atoms with Gasteiger partial charge in [0.2, 0.25) is 0 Å². The van der Waals surface area contributed by atoms with Crippen LogP contribution in [0.3, 0.4) is 0 Å². The molecule has 0 amide bonds. The Labute approximate surface area is 123 Å². The molecule has 0 aliphatic rings. The molecule has 1 heterocycles. The zero-order valence-corrected chi connectivity index (χ0v) is 12.4. The molecular weight excluding hydrogens is 276 g/mol. The van der Waals surface area contributed by atoms with E-state index in [-0.39, 0.29) is 5.97 Å². The van der Waals surface area contributed by atoms with E-state index in [1.807, 2.05) is 35.9 Å². The van der Waals surface area contributed by atoms with Gasteiger partial charge >= 0.3 is 5.97 Å². The van der Waals surface area contributed by atoms with Crippen LogP contribution in [-0.4, -0.2) is 22.4 Å². The van der Waals surface area contributed by atoms with Gasteiger partial charge in [0, 0.05) is 5.02 Å². The second kappa shape index (κ2) is 6.57. The molecule has 0 saturated heterocycles. The van der Waals surface area contributed by atoms with Crippen LogP contribution < -0.4 is 0 Å².